The van der Waals surface area contributed by atoms with Crippen molar-refractivity contribution in [1.82, 2.24) is 14.9 Å². The van der Waals surface area contributed by atoms with Crippen LogP contribution in [0.2, 0.25) is 0 Å². The van der Waals surface area contributed by atoms with Gasteiger partial charge in [0.25, 0.3) is 0 Å². The Bertz CT molecular complexity index is 548. The van der Waals surface area contributed by atoms with Crippen LogP contribution in [0, 0.1) is 6.92 Å². The molecule has 2 rings (SSSR count). The SMILES string of the molecule is Cc1ccc(O)c(C(C)NCCc2nccn2C)c1. The second-order valence-electron chi connectivity index (χ2n) is 4.94. The van der Waals surface area contributed by atoms with Crippen LogP contribution < -0.4 is 5.32 Å². The number of aromatic nitrogens is 2. The molecule has 4 heteroatoms. The van der Waals surface area contributed by atoms with E-state index in [1.165, 1.54) is 0 Å². The fourth-order valence-electron chi connectivity index (χ4n) is 2.17. The summed E-state index contributed by atoms with van der Waals surface area (Å²) in [4.78, 5) is 4.29. The van der Waals surface area contributed by atoms with E-state index in [0.29, 0.717) is 5.75 Å². The summed E-state index contributed by atoms with van der Waals surface area (Å²) in [6.45, 7) is 4.93. The Morgan fingerprint density at radius 2 is 2.21 bits per heavy atom. The van der Waals surface area contributed by atoms with Crippen molar-refractivity contribution < 1.29 is 5.11 Å². The number of nitrogens with one attached hydrogen (secondary N) is 1. The largest absolute Gasteiger partial charge is 0.508 e. The van der Waals surface area contributed by atoms with Crippen molar-refractivity contribution >= 4 is 0 Å². The number of phenols is 1. The van der Waals surface area contributed by atoms with Gasteiger partial charge < -0.3 is 15.0 Å². The lowest BCUT2D eigenvalue weighted by molar-refractivity contribution is 0.452. The maximum absolute atomic E-state index is 9.88. The van der Waals surface area contributed by atoms with Crippen molar-refractivity contribution in [2.75, 3.05) is 6.54 Å². The molecule has 19 heavy (non-hydrogen) atoms. The molecule has 0 aliphatic heterocycles. The van der Waals surface area contributed by atoms with Crippen molar-refractivity contribution in [2.24, 2.45) is 7.05 Å². The lowest BCUT2D eigenvalue weighted by Crippen LogP contribution is -2.22. The first-order valence-corrected chi connectivity index (χ1v) is 6.57. The summed E-state index contributed by atoms with van der Waals surface area (Å²) < 4.78 is 2.02. The molecule has 102 valence electrons. The summed E-state index contributed by atoms with van der Waals surface area (Å²) >= 11 is 0. The summed E-state index contributed by atoms with van der Waals surface area (Å²) in [5.41, 5.74) is 2.10. The van der Waals surface area contributed by atoms with E-state index in [1.807, 2.05) is 43.1 Å². The fourth-order valence-corrected chi connectivity index (χ4v) is 2.17. The maximum Gasteiger partial charge on any atom is 0.120 e. The molecule has 1 atom stereocenters. The molecule has 0 spiro atoms. The van der Waals surface area contributed by atoms with Gasteiger partial charge in [0.15, 0.2) is 0 Å². The molecule has 0 fully saturated rings. The van der Waals surface area contributed by atoms with E-state index in [0.717, 1.165) is 29.9 Å². The predicted molar refractivity (Wildman–Crippen MR) is 76.2 cm³/mol. The molecule has 0 aliphatic rings. The van der Waals surface area contributed by atoms with E-state index in [9.17, 15) is 5.11 Å². The Morgan fingerprint density at radius 1 is 1.42 bits per heavy atom. The maximum atomic E-state index is 9.88. The first-order chi connectivity index (χ1) is 9.08. The van der Waals surface area contributed by atoms with Crippen molar-refractivity contribution in [3.05, 3.63) is 47.5 Å². The van der Waals surface area contributed by atoms with E-state index in [2.05, 4.69) is 17.2 Å². The molecule has 1 heterocycles. The molecule has 0 radical (unpaired) electrons. The average molecular weight is 259 g/mol. The molecule has 1 aromatic heterocycles. The Hall–Kier alpha value is -1.81. The van der Waals surface area contributed by atoms with Gasteiger partial charge in [-0.15, -0.1) is 0 Å². The van der Waals surface area contributed by atoms with Crippen LogP contribution in [-0.2, 0) is 13.5 Å². The van der Waals surface area contributed by atoms with E-state index in [1.54, 1.807) is 6.07 Å². The highest BCUT2D eigenvalue weighted by Crippen LogP contribution is 2.24. The number of imidazole rings is 1. The van der Waals surface area contributed by atoms with Crippen molar-refractivity contribution in [3.8, 4) is 5.75 Å². The number of hydrogen-bond donors (Lipinski definition) is 2. The predicted octanol–water partition coefficient (Wildman–Crippen LogP) is 2.33. The number of aryl methyl sites for hydroxylation is 2. The molecule has 1 aromatic carbocycles. The zero-order valence-corrected chi connectivity index (χ0v) is 11.7. The standard InChI is InChI=1S/C15H21N3O/c1-11-4-5-14(19)13(10-11)12(2)16-7-6-15-17-8-9-18(15)3/h4-5,8-10,12,16,19H,6-7H2,1-3H3. The molecule has 2 N–H and O–H groups in total. The zero-order chi connectivity index (χ0) is 13.8. The van der Waals surface area contributed by atoms with Crippen molar-refractivity contribution in [1.29, 1.82) is 0 Å². The van der Waals surface area contributed by atoms with Gasteiger partial charge >= 0.3 is 0 Å². The van der Waals surface area contributed by atoms with Gasteiger partial charge in [-0.1, -0.05) is 17.7 Å². The number of phenolic OH excluding ortho intramolecular Hbond substituents is 1. The van der Waals surface area contributed by atoms with E-state index < -0.39 is 0 Å². The molecule has 1 unspecified atom stereocenters. The van der Waals surface area contributed by atoms with Crippen LogP contribution in [-0.4, -0.2) is 21.2 Å². The van der Waals surface area contributed by atoms with Gasteiger partial charge in [-0.05, 0) is 19.9 Å². The van der Waals surface area contributed by atoms with Crippen molar-refractivity contribution in [2.45, 2.75) is 26.3 Å². The number of aromatic hydroxyl groups is 1. The Labute approximate surface area is 114 Å². The molecular formula is C15H21N3O. The molecule has 0 saturated heterocycles. The van der Waals surface area contributed by atoms with Crippen LogP contribution in [0.15, 0.2) is 30.6 Å². The highest BCUT2D eigenvalue weighted by molar-refractivity contribution is 5.37. The highest BCUT2D eigenvalue weighted by atomic mass is 16.3. The van der Waals surface area contributed by atoms with E-state index in [4.69, 9.17) is 0 Å². The van der Waals surface area contributed by atoms with Gasteiger partial charge in [-0.3, -0.25) is 0 Å². The molecule has 0 bridgehead atoms. The minimum absolute atomic E-state index is 0.125. The normalized spacial score (nSPS) is 12.6. The van der Waals surface area contributed by atoms with E-state index >= 15 is 0 Å². The zero-order valence-electron chi connectivity index (χ0n) is 11.7. The molecule has 2 aromatic rings. The minimum Gasteiger partial charge on any atom is -0.508 e. The second-order valence-corrected chi connectivity index (χ2v) is 4.94. The van der Waals surface area contributed by atoms with Gasteiger partial charge in [-0.25, -0.2) is 4.98 Å². The monoisotopic (exact) mass is 259 g/mol. The lowest BCUT2D eigenvalue weighted by Gasteiger charge is -2.16. The topological polar surface area (TPSA) is 50.1 Å². The molecule has 0 aliphatic carbocycles. The van der Waals surface area contributed by atoms with Crippen molar-refractivity contribution in [3.63, 3.8) is 0 Å². The summed E-state index contributed by atoms with van der Waals surface area (Å²) in [5.74, 6) is 1.41. The van der Waals surface area contributed by atoms with Gasteiger partial charge in [-0.2, -0.15) is 0 Å². The van der Waals surface area contributed by atoms with Gasteiger partial charge in [0, 0.05) is 44.0 Å². The van der Waals surface area contributed by atoms with Crippen LogP contribution in [0.3, 0.4) is 0 Å². The third-order valence-electron chi connectivity index (χ3n) is 3.37. The minimum atomic E-state index is 0.125. The number of hydrogen-bond acceptors (Lipinski definition) is 3. The molecule has 4 nitrogen and oxygen atoms in total. The second kappa shape index (κ2) is 5.89. The summed E-state index contributed by atoms with van der Waals surface area (Å²) in [7, 11) is 2.00. The fraction of sp³-hybridized carbons (Fsp3) is 0.400. The van der Waals surface area contributed by atoms with Crippen LogP contribution >= 0.6 is 0 Å². The quantitative estimate of drug-likeness (QED) is 0.866. The Kier molecular flexibility index (Phi) is 4.22. The van der Waals surface area contributed by atoms with Crippen LogP contribution in [0.25, 0.3) is 0 Å². The van der Waals surface area contributed by atoms with Crippen LogP contribution in [0.5, 0.6) is 5.75 Å². The Balaban J connectivity index is 1.92. The number of rotatable bonds is 5. The molecular weight excluding hydrogens is 238 g/mol. The smallest absolute Gasteiger partial charge is 0.120 e. The van der Waals surface area contributed by atoms with Crippen LogP contribution in [0.1, 0.15) is 29.9 Å². The summed E-state index contributed by atoms with van der Waals surface area (Å²) in [5, 5.41) is 13.3. The number of nitrogens with zero attached hydrogens (tertiary/aromatic N) is 2. The third kappa shape index (κ3) is 3.35. The summed E-state index contributed by atoms with van der Waals surface area (Å²) in [6, 6.07) is 5.81. The molecule has 0 saturated carbocycles. The van der Waals surface area contributed by atoms with Gasteiger partial charge in [0.05, 0.1) is 0 Å². The van der Waals surface area contributed by atoms with E-state index in [-0.39, 0.29) is 6.04 Å². The first kappa shape index (κ1) is 13.6. The Morgan fingerprint density at radius 3 is 2.89 bits per heavy atom. The van der Waals surface area contributed by atoms with Gasteiger partial charge in [0.2, 0.25) is 0 Å². The number of benzene rings is 1. The lowest BCUT2D eigenvalue weighted by atomic mass is 10.0. The van der Waals surface area contributed by atoms with Crippen LogP contribution in [0.4, 0.5) is 0 Å². The highest BCUT2D eigenvalue weighted by Gasteiger charge is 2.10. The first-order valence-electron chi connectivity index (χ1n) is 6.57. The molecule has 0 amide bonds. The van der Waals surface area contributed by atoms with Gasteiger partial charge in [0.1, 0.15) is 11.6 Å². The average Bonchev–Trinajstić information content (AvgIpc) is 2.78. The summed E-state index contributed by atoms with van der Waals surface area (Å²) in [6.07, 6.45) is 4.64. The third-order valence-corrected chi connectivity index (χ3v) is 3.37.